The fourth-order valence-corrected chi connectivity index (χ4v) is 3.63. The molecule has 1 saturated carbocycles. The molecule has 26 heavy (non-hydrogen) atoms. The van der Waals surface area contributed by atoms with Crippen LogP contribution in [0.4, 0.5) is 16.6 Å². The minimum Gasteiger partial charge on any atom is -0.467 e. The molecular weight excluding hydrogens is 378 g/mol. The van der Waals surface area contributed by atoms with E-state index in [9.17, 15) is 10.1 Å². The van der Waals surface area contributed by atoms with Crippen LogP contribution in [-0.2, 0) is 6.54 Å². The van der Waals surface area contributed by atoms with Gasteiger partial charge in [0, 0.05) is 6.04 Å². The Morgan fingerprint density at radius 1 is 1.42 bits per heavy atom. The van der Waals surface area contributed by atoms with Crippen LogP contribution in [-0.4, -0.2) is 31.1 Å². The van der Waals surface area contributed by atoms with Crippen molar-refractivity contribution in [2.75, 3.05) is 10.6 Å². The lowest BCUT2D eigenvalue weighted by atomic mass is 10.4. The summed E-state index contributed by atoms with van der Waals surface area (Å²) in [6.07, 6.45) is 4.81. The van der Waals surface area contributed by atoms with Gasteiger partial charge < -0.3 is 15.1 Å². The van der Waals surface area contributed by atoms with E-state index in [0.717, 1.165) is 18.6 Å². The molecule has 0 radical (unpaired) electrons. The number of nitro groups is 1. The van der Waals surface area contributed by atoms with E-state index in [1.54, 1.807) is 6.26 Å². The summed E-state index contributed by atoms with van der Waals surface area (Å²) in [5.74, 6) is 1.04. The van der Waals surface area contributed by atoms with Gasteiger partial charge in [-0.3, -0.25) is 10.1 Å². The Labute approximate surface area is 155 Å². The lowest BCUT2D eigenvalue weighted by Gasteiger charge is -2.05. The van der Waals surface area contributed by atoms with Gasteiger partial charge in [0.2, 0.25) is 10.9 Å². The minimum atomic E-state index is -0.485. The SMILES string of the molecule is O=[N+]([O-])c1cnc(Sc2nnc(NCc3ccco3)s2)nc1NC1CC1. The molecule has 1 aliphatic rings. The number of aromatic nitrogens is 4. The number of hydrogen-bond acceptors (Lipinski definition) is 11. The van der Waals surface area contributed by atoms with Crippen LogP contribution < -0.4 is 10.6 Å². The third kappa shape index (κ3) is 4.08. The average Bonchev–Trinajstić information content (AvgIpc) is 3.09. The van der Waals surface area contributed by atoms with Crippen LogP contribution in [0.3, 0.4) is 0 Å². The molecule has 3 heterocycles. The second-order valence-electron chi connectivity index (χ2n) is 5.47. The van der Waals surface area contributed by atoms with E-state index >= 15 is 0 Å². The smallest absolute Gasteiger partial charge is 0.329 e. The molecule has 1 aliphatic carbocycles. The molecule has 0 aromatic carbocycles. The summed E-state index contributed by atoms with van der Waals surface area (Å²) in [4.78, 5) is 18.9. The molecule has 0 spiro atoms. The van der Waals surface area contributed by atoms with E-state index in [-0.39, 0.29) is 17.5 Å². The predicted molar refractivity (Wildman–Crippen MR) is 95.4 cm³/mol. The first-order chi connectivity index (χ1) is 12.7. The molecule has 3 aromatic rings. The molecule has 0 unspecified atom stereocenters. The van der Waals surface area contributed by atoms with Gasteiger partial charge in [-0.05, 0) is 36.7 Å². The Morgan fingerprint density at radius 3 is 3.04 bits per heavy atom. The number of furan rings is 1. The Hall–Kier alpha value is -2.73. The highest BCUT2D eigenvalue weighted by Crippen LogP contribution is 2.34. The summed E-state index contributed by atoms with van der Waals surface area (Å²) in [7, 11) is 0. The Bertz CT molecular complexity index is 911. The highest BCUT2D eigenvalue weighted by atomic mass is 32.2. The maximum Gasteiger partial charge on any atom is 0.329 e. The van der Waals surface area contributed by atoms with E-state index in [2.05, 4.69) is 30.8 Å². The van der Waals surface area contributed by atoms with Crippen molar-refractivity contribution in [3.05, 3.63) is 40.5 Å². The average molecular weight is 391 g/mol. The Morgan fingerprint density at radius 2 is 2.31 bits per heavy atom. The van der Waals surface area contributed by atoms with Gasteiger partial charge in [0.05, 0.1) is 17.7 Å². The van der Waals surface area contributed by atoms with Gasteiger partial charge in [-0.1, -0.05) is 11.3 Å². The van der Waals surface area contributed by atoms with Gasteiger partial charge in [-0.25, -0.2) is 4.98 Å². The second-order valence-corrected chi connectivity index (χ2v) is 7.66. The summed E-state index contributed by atoms with van der Waals surface area (Å²) in [6, 6.07) is 3.93. The normalized spacial score (nSPS) is 13.5. The van der Waals surface area contributed by atoms with E-state index < -0.39 is 4.92 Å². The lowest BCUT2D eigenvalue weighted by molar-refractivity contribution is -0.384. The fourth-order valence-electron chi connectivity index (χ4n) is 2.05. The zero-order valence-electron chi connectivity index (χ0n) is 13.3. The number of hydrogen-bond donors (Lipinski definition) is 2. The second kappa shape index (κ2) is 7.25. The van der Waals surface area contributed by atoms with Gasteiger partial charge in [-0.15, -0.1) is 10.2 Å². The Kier molecular flexibility index (Phi) is 4.67. The largest absolute Gasteiger partial charge is 0.467 e. The summed E-state index contributed by atoms with van der Waals surface area (Å²) in [6.45, 7) is 0.510. The van der Waals surface area contributed by atoms with Gasteiger partial charge in [0.1, 0.15) is 12.0 Å². The molecule has 0 amide bonds. The molecule has 0 atom stereocenters. The van der Waals surface area contributed by atoms with E-state index in [0.29, 0.717) is 21.2 Å². The van der Waals surface area contributed by atoms with Crippen molar-refractivity contribution < 1.29 is 9.34 Å². The summed E-state index contributed by atoms with van der Waals surface area (Å²) in [5.41, 5.74) is -0.126. The van der Waals surface area contributed by atoms with Crippen LogP contribution >= 0.6 is 23.1 Å². The van der Waals surface area contributed by atoms with E-state index in [4.69, 9.17) is 4.42 Å². The maximum absolute atomic E-state index is 11.1. The number of anilines is 2. The molecular formula is C14H13N7O3S2. The third-order valence-corrected chi connectivity index (χ3v) is 5.25. The van der Waals surface area contributed by atoms with Crippen molar-refractivity contribution >= 4 is 39.7 Å². The first-order valence-electron chi connectivity index (χ1n) is 7.73. The molecule has 10 nitrogen and oxygen atoms in total. The van der Waals surface area contributed by atoms with Gasteiger partial charge in [-0.2, -0.15) is 4.98 Å². The van der Waals surface area contributed by atoms with E-state index in [1.807, 2.05) is 12.1 Å². The van der Waals surface area contributed by atoms with Gasteiger partial charge >= 0.3 is 5.69 Å². The number of rotatable bonds is 8. The third-order valence-electron chi connectivity index (χ3n) is 3.44. The van der Waals surface area contributed by atoms with Crippen molar-refractivity contribution in [1.82, 2.24) is 20.2 Å². The lowest BCUT2D eigenvalue weighted by Crippen LogP contribution is -2.07. The van der Waals surface area contributed by atoms with E-state index in [1.165, 1.54) is 29.3 Å². The van der Waals surface area contributed by atoms with Crippen molar-refractivity contribution in [2.45, 2.75) is 34.9 Å². The highest BCUT2D eigenvalue weighted by Gasteiger charge is 2.26. The zero-order chi connectivity index (χ0) is 17.9. The summed E-state index contributed by atoms with van der Waals surface area (Å²) in [5, 5.41) is 26.5. The van der Waals surface area contributed by atoms with Gasteiger partial charge in [0.25, 0.3) is 0 Å². The van der Waals surface area contributed by atoms with Gasteiger partial charge in [0.15, 0.2) is 9.50 Å². The maximum atomic E-state index is 11.1. The molecule has 0 saturated heterocycles. The quantitative estimate of drug-likeness (QED) is 0.335. The fraction of sp³-hybridized carbons (Fsp3) is 0.286. The predicted octanol–water partition coefficient (Wildman–Crippen LogP) is 3.17. The molecule has 1 fully saturated rings. The molecule has 0 aliphatic heterocycles. The molecule has 3 aromatic heterocycles. The minimum absolute atomic E-state index is 0.126. The molecule has 4 rings (SSSR count). The van der Waals surface area contributed by atoms with Crippen LogP contribution in [0.2, 0.25) is 0 Å². The molecule has 2 N–H and O–H groups in total. The molecule has 12 heteroatoms. The first-order valence-corrected chi connectivity index (χ1v) is 9.36. The zero-order valence-corrected chi connectivity index (χ0v) is 14.9. The first kappa shape index (κ1) is 16.7. The van der Waals surface area contributed by atoms with Crippen molar-refractivity contribution in [3.63, 3.8) is 0 Å². The van der Waals surface area contributed by atoms with Crippen molar-refractivity contribution in [2.24, 2.45) is 0 Å². The van der Waals surface area contributed by atoms with Crippen LogP contribution in [0.15, 0.2) is 38.5 Å². The summed E-state index contributed by atoms with van der Waals surface area (Å²) >= 11 is 2.56. The highest BCUT2D eigenvalue weighted by molar-refractivity contribution is 8.00. The Balaban J connectivity index is 1.44. The van der Waals surface area contributed by atoms with Crippen LogP contribution in [0, 0.1) is 10.1 Å². The van der Waals surface area contributed by atoms with Crippen LogP contribution in [0.1, 0.15) is 18.6 Å². The standard InChI is InChI=1S/C14H13N7O3S2/c22-21(23)10-7-16-12(18-11(10)17-8-3-4-8)25-14-20-19-13(26-14)15-6-9-2-1-5-24-9/h1-2,5,7-8H,3-4,6H2,(H,15,19)(H,16,17,18). The number of nitrogens with one attached hydrogen (secondary N) is 2. The molecule has 0 bridgehead atoms. The monoisotopic (exact) mass is 391 g/mol. The van der Waals surface area contributed by atoms with Crippen LogP contribution in [0.5, 0.6) is 0 Å². The molecule has 134 valence electrons. The topological polar surface area (TPSA) is 132 Å². The number of nitrogens with zero attached hydrogens (tertiary/aromatic N) is 5. The van der Waals surface area contributed by atoms with Crippen LogP contribution in [0.25, 0.3) is 0 Å². The van der Waals surface area contributed by atoms with Crippen molar-refractivity contribution in [3.8, 4) is 0 Å². The summed E-state index contributed by atoms with van der Waals surface area (Å²) < 4.78 is 5.88. The van der Waals surface area contributed by atoms with Crippen molar-refractivity contribution in [1.29, 1.82) is 0 Å².